The second-order valence-electron chi connectivity index (χ2n) is 4.64. The van der Waals surface area contributed by atoms with Gasteiger partial charge in [0.15, 0.2) is 0 Å². The van der Waals surface area contributed by atoms with Gasteiger partial charge < -0.3 is 9.47 Å². The summed E-state index contributed by atoms with van der Waals surface area (Å²) in [7, 11) is 1.68. The van der Waals surface area contributed by atoms with Crippen molar-refractivity contribution in [2.45, 2.75) is 31.7 Å². The van der Waals surface area contributed by atoms with Crippen LogP contribution < -0.4 is 11.3 Å². The Labute approximate surface area is 116 Å². The second kappa shape index (κ2) is 10.9. The Hall–Kier alpha value is -0.940. The molecule has 0 aliphatic rings. The van der Waals surface area contributed by atoms with Gasteiger partial charge in [0.05, 0.1) is 13.2 Å². The number of hydrogen-bond acceptors (Lipinski definition) is 4. The first-order valence-electron chi connectivity index (χ1n) is 6.93. The monoisotopic (exact) mass is 266 g/mol. The number of methoxy groups -OCH3 is 1. The Kier molecular flexibility index (Phi) is 9.27. The first-order chi connectivity index (χ1) is 9.36. The molecule has 1 atom stereocenters. The number of aryl methyl sites for hydroxylation is 1. The molecule has 0 saturated carbocycles. The minimum atomic E-state index is 0.325. The van der Waals surface area contributed by atoms with E-state index in [0.717, 1.165) is 32.3 Å². The molecule has 1 unspecified atom stereocenters. The average Bonchev–Trinajstić information content (AvgIpc) is 2.46. The molecule has 1 aromatic carbocycles. The smallest absolute Gasteiger partial charge is 0.0700 e. The molecule has 19 heavy (non-hydrogen) atoms. The molecule has 0 saturated heterocycles. The van der Waals surface area contributed by atoms with Gasteiger partial charge in [-0.3, -0.25) is 11.3 Å². The topological polar surface area (TPSA) is 56.5 Å². The fourth-order valence-electron chi connectivity index (χ4n) is 1.98. The third-order valence-corrected chi connectivity index (χ3v) is 3.14. The van der Waals surface area contributed by atoms with E-state index in [2.05, 4.69) is 29.7 Å². The van der Waals surface area contributed by atoms with Crippen LogP contribution in [0.1, 0.15) is 24.8 Å². The summed E-state index contributed by atoms with van der Waals surface area (Å²) in [4.78, 5) is 0. The van der Waals surface area contributed by atoms with Gasteiger partial charge in [0.1, 0.15) is 0 Å². The molecule has 1 aromatic rings. The van der Waals surface area contributed by atoms with Crippen molar-refractivity contribution in [1.29, 1.82) is 0 Å². The highest BCUT2D eigenvalue weighted by atomic mass is 16.5. The molecule has 0 aliphatic carbocycles. The number of benzene rings is 1. The molecular weight excluding hydrogens is 240 g/mol. The predicted molar refractivity (Wildman–Crippen MR) is 77.8 cm³/mol. The van der Waals surface area contributed by atoms with E-state index < -0.39 is 0 Å². The molecule has 0 fully saturated rings. The molecule has 0 bridgehead atoms. The summed E-state index contributed by atoms with van der Waals surface area (Å²) in [5, 5.41) is 0. The molecule has 0 heterocycles. The molecule has 0 spiro atoms. The van der Waals surface area contributed by atoms with Crippen LogP contribution >= 0.6 is 0 Å². The van der Waals surface area contributed by atoms with E-state index in [1.165, 1.54) is 5.56 Å². The summed E-state index contributed by atoms with van der Waals surface area (Å²) in [5.41, 5.74) is 4.25. The molecule has 4 heteroatoms. The maximum Gasteiger partial charge on any atom is 0.0700 e. The Morgan fingerprint density at radius 3 is 2.58 bits per heavy atom. The van der Waals surface area contributed by atoms with Crippen LogP contribution in [0.2, 0.25) is 0 Å². The SMILES string of the molecule is COCCOCCC(CCCc1ccccc1)NN. The van der Waals surface area contributed by atoms with Gasteiger partial charge in [0, 0.05) is 19.8 Å². The van der Waals surface area contributed by atoms with E-state index in [9.17, 15) is 0 Å². The van der Waals surface area contributed by atoms with E-state index in [-0.39, 0.29) is 0 Å². The Balaban J connectivity index is 2.08. The van der Waals surface area contributed by atoms with Crippen LogP contribution in [0.5, 0.6) is 0 Å². The summed E-state index contributed by atoms with van der Waals surface area (Å²) in [5.74, 6) is 5.56. The predicted octanol–water partition coefficient (Wildman–Crippen LogP) is 1.89. The van der Waals surface area contributed by atoms with E-state index >= 15 is 0 Å². The van der Waals surface area contributed by atoms with Crippen LogP contribution in [0.25, 0.3) is 0 Å². The van der Waals surface area contributed by atoms with Crippen molar-refractivity contribution in [1.82, 2.24) is 5.43 Å². The zero-order valence-corrected chi connectivity index (χ0v) is 11.8. The highest BCUT2D eigenvalue weighted by molar-refractivity contribution is 5.14. The number of nitrogens with one attached hydrogen (secondary N) is 1. The molecule has 4 nitrogen and oxygen atoms in total. The summed E-state index contributed by atoms with van der Waals surface area (Å²) >= 11 is 0. The molecule has 108 valence electrons. The van der Waals surface area contributed by atoms with Crippen molar-refractivity contribution in [3.63, 3.8) is 0 Å². The Bertz CT molecular complexity index is 306. The number of rotatable bonds is 11. The Morgan fingerprint density at radius 1 is 1.11 bits per heavy atom. The normalized spacial score (nSPS) is 12.5. The molecule has 1 rings (SSSR count). The quantitative estimate of drug-likeness (QED) is 0.365. The van der Waals surface area contributed by atoms with Crippen LogP contribution in [-0.4, -0.2) is 33.0 Å². The van der Waals surface area contributed by atoms with Crippen molar-refractivity contribution >= 4 is 0 Å². The van der Waals surface area contributed by atoms with E-state index in [1.807, 2.05) is 6.07 Å². The third-order valence-electron chi connectivity index (χ3n) is 3.14. The van der Waals surface area contributed by atoms with Gasteiger partial charge in [-0.05, 0) is 31.2 Å². The van der Waals surface area contributed by atoms with E-state index in [4.69, 9.17) is 15.3 Å². The lowest BCUT2D eigenvalue weighted by Gasteiger charge is -2.15. The zero-order chi connectivity index (χ0) is 13.8. The zero-order valence-electron chi connectivity index (χ0n) is 11.8. The molecule has 3 N–H and O–H groups in total. The van der Waals surface area contributed by atoms with Crippen LogP contribution in [0.3, 0.4) is 0 Å². The van der Waals surface area contributed by atoms with Gasteiger partial charge in [-0.2, -0.15) is 0 Å². The summed E-state index contributed by atoms with van der Waals surface area (Å²) in [6.45, 7) is 2.02. The third kappa shape index (κ3) is 7.95. The van der Waals surface area contributed by atoms with E-state index in [0.29, 0.717) is 19.3 Å². The number of nitrogens with two attached hydrogens (primary N) is 1. The maximum absolute atomic E-state index is 5.56. The summed E-state index contributed by atoms with van der Waals surface area (Å²) < 4.78 is 10.4. The Morgan fingerprint density at radius 2 is 1.89 bits per heavy atom. The van der Waals surface area contributed by atoms with Crippen molar-refractivity contribution in [3.8, 4) is 0 Å². The lowest BCUT2D eigenvalue weighted by Crippen LogP contribution is -2.36. The fourth-order valence-corrected chi connectivity index (χ4v) is 1.98. The minimum Gasteiger partial charge on any atom is -0.382 e. The van der Waals surface area contributed by atoms with Crippen LogP contribution in [0, 0.1) is 0 Å². The highest BCUT2D eigenvalue weighted by Crippen LogP contribution is 2.08. The summed E-state index contributed by atoms with van der Waals surface area (Å²) in [6, 6.07) is 10.9. The van der Waals surface area contributed by atoms with Crippen molar-refractivity contribution < 1.29 is 9.47 Å². The number of hydrazine groups is 1. The fraction of sp³-hybridized carbons (Fsp3) is 0.600. The van der Waals surface area contributed by atoms with Crippen molar-refractivity contribution in [2.75, 3.05) is 26.9 Å². The molecule has 0 aromatic heterocycles. The average molecular weight is 266 g/mol. The molecule has 0 aliphatic heterocycles. The summed E-state index contributed by atoms with van der Waals surface area (Å²) in [6.07, 6.45) is 4.24. The highest BCUT2D eigenvalue weighted by Gasteiger charge is 2.06. The molecule has 0 amide bonds. The van der Waals surface area contributed by atoms with Gasteiger partial charge in [-0.15, -0.1) is 0 Å². The maximum atomic E-state index is 5.56. The van der Waals surface area contributed by atoms with Crippen molar-refractivity contribution in [3.05, 3.63) is 35.9 Å². The van der Waals surface area contributed by atoms with Crippen LogP contribution in [0.4, 0.5) is 0 Å². The first kappa shape index (κ1) is 16.1. The van der Waals surface area contributed by atoms with Gasteiger partial charge in [-0.25, -0.2) is 0 Å². The lowest BCUT2D eigenvalue weighted by atomic mass is 10.0. The minimum absolute atomic E-state index is 0.325. The van der Waals surface area contributed by atoms with Crippen LogP contribution in [0.15, 0.2) is 30.3 Å². The van der Waals surface area contributed by atoms with Crippen molar-refractivity contribution in [2.24, 2.45) is 5.84 Å². The number of ether oxygens (including phenoxy) is 2. The second-order valence-corrected chi connectivity index (χ2v) is 4.64. The molecular formula is C15H26N2O2. The lowest BCUT2D eigenvalue weighted by molar-refractivity contribution is 0.0653. The van der Waals surface area contributed by atoms with E-state index in [1.54, 1.807) is 7.11 Å². The van der Waals surface area contributed by atoms with Gasteiger partial charge in [-0.1, -0.05) is 30.3 Å². The van der Waals surface area contributed by atoms with Crippen LogP contribution in [-0.2, 0) is 15.9 Å². The largest absolute Gasteiger partial charge is 0.382 e. The molecule has 0 radical (unpaired) electrons. The van der Waals surface area contributed by atoms with Gasteiger partial charge in [0.25, 0.3) is 0 Å². The van der Waals surface area contributed by atoms with Gasteiger partial charge >= 0.3 is 0 Å². The number of hydrogen-bond donors (Lipinski definition) is 2. The first-order valence-corrected chi connectivity index (χ1v) is 6.93. The standard InChI is InChI=1S/C15H26N2O2/c1-18-12-13-19-11-10-15(17-16)9-5-8-14-6-3-2-4-7-14/h2-4,6-7,15,17H,5,8-13,16H2,1H3. The van der Waals surface area contributed by atoms with Gasteiger partial charge in [0.2, 0.25) is 0 Å².